The maximum Gasteiger partial charge on any atom is 0.407 e. The molecule has 1 aliphatic rings. The van der Waals surface area contributed by atoms with Crippen LogP contribution in [0, 0.1) is 11.8 Å². The van der Waals surface area contributed by atoms with E-state index in [4.69, 9.17) is 19.2 Å². The number of nitrogens with one attached hydrogen (secondary N) is 1. The molecule has 0 aliphatic carbocycles. The van der Waals surface area contributed by atoms with E-state index in [2.05, 4.69) is 28.1 Å². The molecule has 2 bridgehead atoms. The Morgan fingerprint density at radius 3 is 2.50 bits per heavy atom. The maximum atomic E-state index is 12.9. The number of aromatic nitrogens is 1. The molecule has 252 valence electrons. The number of amides is 1. The number of nitrogens with zero attached hydrogens (tertiary/aromatic N) is 2. The Balaban J connectivity index is 2.39. The summed E-state index contributed by atoms with van der Waals surface area (Å²) in [5, 5.41) is 5.62. The summed E-state index contributed by atoms with van der Waals surface area (Å²) in [6.45, 7) is 15.9. The molecule has 0 saturated carbocycles. The van der Waals surface area contributed by atoms with Gasteiger partial charge in [0.1, 0.15) is 17.8 Å². The van der Waals surface area contributed by atoms with Crippen LogP contribution < -0.4 is 5.32 Å². The largest absolute Gasteiger partial charge is 0.462 e. The fourth-order valence-corrected chi connectivity index (χ4v) is 5.55. The fraction of sp³-hybridized carbons (Fsp3) is 0.556. The van der Waals surface area contributed by atoms with Crippen LogP contribution in [-0.2, 0) is 30.2 Å². The molecule has 0 aromatic carbocycles. The van der Waals surface area contributed by atoms with Gasteiger partial charge in [-0.15, -0.1) is 11.3 Å². The normalized spacial score (nSPS) is 24.0. The van der Waals surface area contributed by atoms with Crippen LogP contribution in [0.2, 0.25) is 0 Å². The van der Waals surface area contributed by atoms with E-state index in [9.17, 15) is 14.4 Å². The second-order valence-corrected chi connectivity index (χ2v) is 14.2. The van der Waals surface area contributed by atoms with Gasteiger partial charge in [0.2, 0.25) is 0 Å². The third-order valence-corrected chi connectivity index (χ3v) is 7.64. The molecule has 1 aromatic heterocycles. The maximum absolute atomic E-state index is 12.9. The van der Waals surface area contributed by atoms with Crippen LogP contribution in [-0.4, -0.2) is 72.4 Å². The summed E-state index contributed by atoms with van der Waals surface area (Å²) in [6.07, 6.45) is 9.37. The Hall–Kier alpha value is -3.68. The Bertz CT molecular complexity index is 1390. The van der Waals surface area contributed by atoms with E-state index in [-0.39, 0.29) is 12.3 Å². The van der Waals surface area contributed by atoms with Gasteiger partial charge in [-0.25, -0.2) is 14.6 Å². The minimum Gasteiger partial charge on any atom is -0.462 e. The van der Waals surface area contributed by atoms with Crippen LogP contribution in [0.25, 0.3) is 0 Å². The summed E-state index contributed by atoms with van der Waals surface area (Å²) in [4.78, 5) is 45.2. The number of hydrogen-bond donors (Lipinski definition) is 1. The van der Waals surface area contributed by atoms with Crippen LogP contribution in [0.1, 0.15) is 91.3 Å². The minimum atomic E-state index is -0.681. The van der Waals surface area contributed by atoms with Gasteiger partial charge in [0, 0.05) is 42.6 Å². The number of cyclic esters (lactones) is 2. The Morgan fingerprint density at radius 2 is 1.83 bits per heavy atom. The van der Waals surface area contributed by atoms with Crippen molar-refractivity contribution in [1.82, 2.24) is 15.2 Å². The monoisotopic (exact) mass is 653 g/mol. The molecule has 10 heteroatoms. The van der Waals surface area contributed by atoms with E-state index in [0.717, 1.165) is 34.0 Å². The van der Waals surface area contributed by atoms with Gasteiger partial charge < -0.3 is 24.4 Å². The van der Waals surface area contributed by atoms with Crippen molar-refractivity contribution >= 4 is 29.4 Å². The number of esters is 2. The van der Waals surface area contributed by atoms with Crippen molar-refractivity contribution in [3.8, 4) is 11.8 Å². The average molecular weight is 654 g/mol. The van der Waals surface area contributed by atoms with Crippen molar-refractivity contribution in [1.29, 1.82) is 0 Å². The first-order chi connectivity index (χ1) is 21.5. The Kier molecular flexibility index (Phi) is 15.5. The van der Waals surface area contributed by atoms with Crippen LogP contribution in [0.4, 0.5) is 4.79 Å². The Labute approximate surface area is 279 Å². The summed E-state index contributed by atoms with van der Waals surface area (Å²) in [5.41, 5.74) is 3.06. The number of alkyl carbamates (subject to hydrolysis) is 1. The van der Waals surface area contributed by atoms with Crippen molar-refractivity contribution in [2.45, 2.75) is 111 Å². The molecular weight excluding hydrogens is 602 g/mol. The first kappa shape index (κ1) is 38.5. The van der Waals surface area contributed by atoms with Crippen LogP contribution in [0.5, 0.6) is 0 Å². The van der Waals surface area contributed by atoms with E-state index < -0.39 is 41.9 Å². The van der Waals surface area contributed by atoms with Gasteiger partial charge in [-0.1, -0.05) is 47.8 Å². The highest BCUT2D eigenvalue weighted by Gasteiger charge is 2.26. The lowest BCUT2D eigenvalue weighted by Gasteiger charge is -2.25. The lowest BCUT2D eigenvalue weighted by Crippen LogP contribution is -2.41. The highest BCUT2D eigenvalue weighted by molar-refractivity contribution is 7.09. The fourth-order valence-electron chi connectivity index (χ4n) is 4.59. The predicted octanol–water partition coefficient (Wildman–Crippen LogP) is 6.67. The zero-order chi connectivity index (χ0) is 34.4. The number of hydrogen-bond acceptors (Lipinski definition) is 9. The molecule has 1 N–H and O–H groups in total. The summed E-state index contributed by atoms with van der Waals surface area (Å²) < 4.78 is 16.9. The van der Waals surface area contributed by atoms with Crippen molar-refractivity contribution in [3.05, 3.63) is 63.2 Å². The number of fused-ring (bicyclic) bond motifs is 2. The van der Waals surface area contributed by atoms with Gasteiger partial charge >= 0.3 is 18.0 Å². The molecule has 1 aliphatic heterocycles. The van der Waals surface area contributed by atoms with Crippen molar-refractivity contribution in [2.75, 3.05) is 20.6 Å². The lowest BCUT2D eigenvalue weighted by molar-refractivity contribution is -0.148. The van der Waals surface area contributed by atoms with Crippen LogP contribution >= 0.6 is 11.3 Å². The van der Waals surface area contributed by atoms with Gasteiger partial charge in [0.25, 0.3) is 0 Å². The molecule has 0 spiro atoms. The molecule has 4 atom stereocenters. The molecule has 0 fully saturated rings. The second-order valence-electron chi connectivity index (χ2n) is 13.2. The molecule has 0 saturated heterocycles. The summed E-state index contributed by atoms with van der Waals surface area (Å²) in [5.74, 6) is 4.17. The zero-order valence-electron chi connectivity index (χ0n) is 29.1. The average Bonchev–Trinajstić information content (AvgIpc) is 3.37. The molecule has 1 amide bonds. The minimum absolute atomic E-state index is 0.0146. The second kappa shape index (κ2) is 18.5. The van der Waals surface area contributed by atoms with Gasteiger partial charge in [-0.2, -0.15) is 0 Å². The molecule has 2 heterocycles. The third-order valence-electron chi connectivity index (χ3n) is 6.75. The van der Waals surface area contributed by atoms with Crippen LogP contribution in [0.3, 0.4) is 0 Å². The van der Waals surface area contributed by atoms with Crippen molar-refractivity contribution < 1.29 is 28.6 Å². The highest BCUT2D eigenvalue weighted by Crippen LogP contribution is 2.26. The zero-order valence-corrected chi connectivity index (χ0v) is 29.9. The van der Waals surface area contributed by atoms with E-state index in [1.165, 1.54) is 11.3 Å². The highest BCUT2D eigenvalue weighted by atomic mass is 32.1. The van der Waals surface area contributed by atoms with Gasteiger partial charge in [0.05, 0.1) is 17.1 Å². The standard InChI is InChI=1S/C36H51N3O6S/c1-24(16-17-39(9)10)14-15-26(3)19-30-22-32-38-31(23-46-32)27(4)20-29(37-35(42)45-36(6,7)8)21-34(41)43-28(5)18-25(2)12-11-13-33(40)44-30/h12,14-16,19,23,27-30H,17-18,20-22H2,1-10H3,(H,37,42)/b15-14+,24-16+,25-12+,26-19+/t27-,28-,29+,30+/m0/s1. The van der Waals surface area contributed by atoms with Gasteiger partial charge in [-0.05, 0) is 81.1 Å². The molecule has 0 unspecified atom stereocenters. The quantitative estimate of drug-likeness (QED) is 0.119. The number of ether oxygens (including phenoxy) is 3. The first-order valence-electron chi connectivity index (χ1n) is 15.7. The van der Waals surface area contributed by atoms with E-state index >= 15 is 0 Å². The predicted molar refractivity (Wildman–Crippen MR) is 183 cm³/mol. The molecule has 0 radical (unpaired) electrons. The number of carbonyl (C=O) groups excluding carboxylic acids is 3. The summed E-state index contributed by atoms with van der Waals surface area (Å²) >= 11 is 1.47. The topological polar surface area (TPSA) is 107 Å². The molecular formula is C36H51N3O6S. The lowest BCUT2D eigenvalue weighted by atomic mass is 9.97. The van der Waals surface area contributed by atoms with E-state index in [0.29, 0.717) is 19.3 Å². The molecule has 46 heavy (non-hydrogen) atoms. The number of thiazole rings is 1. The van der Waals surface area contributed by atoms with Crippen LogP contribution in [0.15, 0.2) is 52.5 Å². The smallest absolute Gasteiger partial charge is 0.407 e. The van der Waals surface area contributed by atoms with Gasteiger partial charge in [-0.3, -0.25) is 4.79 Å². The number of likely N-dealkylation sites (N-methyl/N-ethyl adjacent to an activating group) is 1. The summed E-state index contributed by atoms with van der Waals surface area (Å²) in [6, 6.07) is -0.527. The molecule has 1 aromatic rings. The van der Waals surface area contributed by atoms with E-state index in [1.54, 1.807) is 33.8 Å². The first-order valence-corrected chi connectivity index (χ1v) is 16.6. The SMILES string of the molecule is CC(/C=C/C(C)=C/[C@@H]1Cc2nc(cs2)[C@@H](C)C[C@@H](NC(=O)OC(C)(C)C)CC(=O)O[C@@H](C)C/C(C)=C/C#CC(=O)O1)=C\CN(C)C. The third kappa shape index (κ3) is 16.1. The molecule has 9 nitrogen and oxygen atoms in total. The number of rotatable bonds is 6. The Morgan fingerprint density at radius 1 is 1.13 bits per heavy atom. The van der Waals surface area contributed by atoms with Crippen molar-refractivity contribution in [3.63, 3.8) is 0 Å². The van der Waals surface area contributed by atoms with E-state index in [1.807, 2.05) is 65.4 Å². The number of allylic oxidation sites excluding steroid dienone is 5. The van der Waals surface area contributed by atoms with Gasteiger partial charge in [0.15, 0.2) is 0 Å². The number of carbonyl (C=O) groups is 3. The van der Waals surface area contributed by atoms with Crippen molar-refractivity contribution in [2.24, 2.45) is 0 Å². The molecule has 2 rings (SSSR count). The summed E-state index contributed by atoms with van der Waals surface area (Å²) in [7, 11) is 4.04.